The van der Waals surface area contributed by atoms with Crippen LogP contribution in [0.4, 0.5) is 4.79 Å². The van der Waals surface area contributed by atoms with E-state index in [-0.39, 0.29) is 6.03 Å². The van der Waals surface area contributed by atoms with Crippen molar-refractivity contribution in [1.29, 1.82) is 0 Å². The molecule has 1 saturated carbocycles. The van der Waals surface area contributed by atoms with Crippen LogP contribution in [-0.2, 0) is 6.54 Å². The van der Waals surface area contributed by atoms with E-state index in [1.165, 1.54) is 24.8 Å². The molecule has 0 aromatic heterocycles. The predicted octanol–water partition coefficient (Wildman–Crippen LogP) is 3.25. The molecule has 138 valence electrons. The molecule has 0 atom stereocenters. The van der Waals surface area contributed by atoms with E-state index in [0.29, 0.717) is 6.04 Å². The smallest absolute Gasteiger partial charge is 0.317 e. The molecular formula is C20H31N3O2. The minimum absolute atomic E-state index is 0.134. The van der Waals surface area contributed by atoms with E-state index in [0.717, 1.165) is 57.7 Å². The predicted molar refractivity (Wildman–Crippen MR) is 99.9 cm³/mol. The van der Waals surface area contributed by atoms with E-state index in [1.54, 1.807) is 7.11 Å². The highest BCUT2D eigenvalue weighted by Gasteiger charge is 2.22. The van der Waals surface area contributed by atoms with Crippen LogP contribution < -0.4 is 10.1 Å². The van der Waals surface area contributed by atoms with Crippen molar-refractivity contribution in [3.05, 3.63) is 29.8 Å². The second kappa shape index (κ2) is 9.09. The molecule has 5 heteroatoms. The van der Waals surface area contributed by atoms with Crippen LogP contribution >= 0.6 is 0 Å². The molecule has 1 aliphatic heterocycles. The summed E-state index contributed by atoms with van der Waals surface area (Å²) in [5.41, 5.74) is 1.26. The molecule has 3 rings (SSSR count). The minimum atomic E-state index is 0.134. The zero-order valence-electron chi connectivity index (χ0n) is 15.4. The summed E-state index contributed by atoms with van der Waals surface area (Å²) in [7, 11) is 1.70. The molecule has 0 radical (unpaired) electrons. The Morgan fingerprint density at radius 1 is 1.12 bits per heavy atom. The largest absolute Gasteiger partial charge is 0.497 e. The van der Waals surface area contributed by atoms with Gasteiger partial charge in [-0.1, -0.05) is 31.4 Å². The van der Waals surface area contributed by atoms with Crippen LogP contribution in [0, 0.1) is 0 Å². The van der Waals surface area contributed by atoms with E-state index < -0.39 is 0 Å². The van der Waals surface area contributed by atoms with Gasteiger partial charge in [-0.05, 0) is 37.0 Å². The highest BCUT2D eigenvalue weighted by atomic mass is 16.5. The summed E-state index contributed by atoms with van der Waals surface area (Å²) in [6, 6.07) is 8.77. The molecule has 1 N–H and O–H groups in total. The molecule has 1 saturated heterocycles. The Kier molecular flexibility index (Phi) is 6.56. The Hall–Kier alpha value is -1.75. The molecule has 2 aliphatic rings. The molecule has 2 amide bonds. The van der Waals surface area contributed by atoms with Gasteiger partial charge in [0.15, 0.2) is 0 Å². The van der Waals surface area contributed by atoms with Crippen LogP contribution in [0.3, 0.4) is 0 Å². The molecule has 1 heterocycles. The van der Waals surface area contributed by atoms with E-state index in [2.05, 4.69) is 22.3 Å². The van der Waals surface area contributed by atoms with Crippen molar-refractivity contribution in [2.75, 3.05) is 33.3 Å². The minimum Gasteiger partial charge on any atom is -0.497 e. The van der Waals surface area contributed by atoms with Gasteiger partial charge in [0.05, 0.1) is 7.11 Å². The van der Waals surface area contributed by atoms with E-state index >= 15 is 0 Å². The van der Waals surface area contributed by atoms with Crippen LogP contribution in [-0.4, -0.2) is 55.2 Å². The molecule has 1 aromatic rings. The third-order valence-electron chi connectivity index (χ3n) is 5.35. The highest BCUT2D eigenvalue weighted by molar-refractivity contribution is 5.74. The number of carbonyl (C=O) groups excluding carboxylic acids is 1. The summed E-state index contributed by atoms with van der Waals surface area (Å²) in [6.45, 7) is 4.53. The van der Waals surface area contributed by atoms with Gasteiger partial charge in [-0.15, -0.1) is 0 Å². The number of rotatable bonds is 4. The molecular weight excluding hydrogens is 314 g/mol. The standard InChI is InChI=1S/C20H31N3O2/c1-25-19-10-5-7-17(15-19)16-22-11-6-12-23(14-13-22)20(24)21-18-8-3-2-4-9-18/h5,7,10,15,18H,2-4,6,8-9,11-14,16H2,1H3,(H,21,24). The Balaban J connectivity index is 1.48. The van der Waals surface area contributed by atoms with Crippen LogP contribution in [0.2, 0.25) is 0 Å². The maximum atomic E-state index is 12.5. The van der Waals surface area contributed by atoms with Gasteiger partial charge >= 0.3 is 6.03 Å². The molecule has 5 nitrogen and oxygen atoms in total. The molecule has 2 fully saturated rings. The van der Waals surface area contributed by atoms with Gasteiger partial charge in [0.1, 0.15) is 5.75 Å². The number of amides is 2. The van der Waals surface area contributed by atoms with Crippen LogP contribution in [0.15, 0.2) is 24.3 Å². The first-order valence-electron chi connectivity index (χ1n) is 9.65. The lowest BCUT2D eigenvalue weighted by atomic mass is 9.96. The summed E-state index contributed by atoms with van der Waals surface area (Å²) >= 11 is 0. The summed E-state index contributed by atoms with van der Waals surface area (Å²) in [5, 5.41) is 3.25. The number of ether oxygens (including phenoxy) is 1. The number of urea groups is 1. The normalized spacial score (nSPS) is 20.1. The van der Waals surface area contributed by atoms with Crippen molar-refractivity contribution in [2.45, 2.75) is 51.1 Å². The topological polar surface area (TPSA) is 44.8 Å². The molecule has 0 unspecified atom stereocenters. The molecule has 0 spiro atoms. The average molecular weight is 345 g/mol. The first kappa shape index (κ1) is 18.1. The van der Waals surface area contributed by atoms with Crippen molar-refractivity contribution in [3.8, 4) is 5.75 Å². The number of hydrogen-bond acceptors (Lipinski definition) is 3. The third kappa shape index (κ3) is 5.36. The zero-order chi connectivity index (χ0) is 17.5. The highest BCUT2D eigenvalue weighted by Crippen LogP contribution is 2.18. The molecule has 25 heavy (non-hydrogen) atoms. The van der Waals surface area contributed by atoms with Crippen molar-refractivity contribution in [3.63, 3.8) is 0 Å². The Labute approximate surface area is 151 Å². The first-order valence-corrected chi connectivity index (χ1v) is 9.65. The van der Waals surface area contributed by atoms with Crippen LogP contribution in [0.5, 0.6) is 5.75 Å². The Morgan fingerprint density at radius 3 is 2.76 bits per heavy atom. The summed E-state index contributed by atoms with van der Waals surface area (Å²) in [4.78, 5) is 17.0. The fourth-order valence-electron chi connectivity index (χ4n) is 3.87. The third-order valence-corrected chi connectivity index (χ3v) is 5.35. The number of hydrogen-bond donors (Lipinski definition) is 1. The van der Waals surface area contributed by atoms with Crippen LogP contribution in [0.1, 0.15) is 44.1 Å². The lowest BCUT2D eigenvalue weighted by molar-refractivity contribution is 0.190. The lowest BCUT2D eigenvalue weighted by Crippen LogP contribution is -2.46. The van der Waals surface area contributed by atoms with Crippen molar-refractivity contribution in [2.24, 2.45) is 0 Å². The first-order chi connectivity index (χ1) is 12.2. The maximum Gasteiger partial charge on any atom is 0.317 e. The average Bonchev–Trinajstić information content (AvgIpc) is 2.88. The van der Waals surface area contributed by atoms with Crippen LogP contribution in [0.25, 0.3) is 0 Å². The van der Waals surface area contributed by atoms with Gasteiger partial charge < -0.3 is 15.0 Å². The van der Waals surface area contributed by atoms with Gasteiger partial charge in [0.25, 0.3) is 0 Å². The van der Waals surface area contributed by atoms with Gasteiger partial charge in [0, 0.05) is 38.8 Å². The number of nitrogens with zero attached hydrogens (tertiary/aromatic N) is 2. The Morgan fingerprint density at radius 2 is 1.96 bits per heavy atom. The molecule has 1 aliphatic carbocycles. The second-order valence-corrected chi connectivity index (χ2v) is 7.25. The molecule has 0 bridgehead atoms. The quantitative estimate of drug-likeness (QED) is 0.911. The fourth-order valence-corrected chi connectivity index (χ4v) is 3.87. The summed E-state index contributed by atoms with van der Waals surface area (Å²) < 4.78 is 5.31. The Bertz CT molecular complexity index is 558. The van der Waals surface area contributed by atoms with Gasteiger partial charge in [-0.25, -0.2) is 4.79 Å². The summed E-state index contributed by atoms with van der Waals surface area (Å²) in [6.07, 6.45) is 7.12. The zero-order valence-corrected chi connectivity index (χ0v) is 15.4. The van der Waals surface area contributed by atoms with Gasteiger partial charge in [-0.2, -0.15) is 0 Å². The number of nitrogens with one attached hydrogen (secondary N) is 1. The van der Waals surface area contributed by atoms with Crippen molar-refractivity contribution < 1.29 is 9.53 Å². The number of carbonyl (C=O) groups is 1. The monoisotopic (exact) mass is 345 g/mol. The van der Waals surface area contributed by atoms with E-state index in [9.17, 15) is 4.79 Å². The lowest BCUT2D eigenvalue weighted by Gasteiger charge is -2.27. The van der Waals surface area contributed by atoms with E-state index in [1.807, 2.05) is 17.0 Å². The fraction of sp³-hybridized carbons (Fsp3) is 0.650. The van der Waals surface area contributed by atoms with Crippen molar-refractivity contribution in [1.82, 2.24) is 15.1 Å². The number of methoxy groups -OCH3 is 1. The van der Waals surface area contributed by atoms with Gasteiger partial charge in [0.2, 0.25) is 0 Å². The number of benzene rings is 1. The van der Waals surface area contributed by atoms with Crippen molar-refractivity contribution >= 4 is 6.03 Å². The molecule has 1 aromatic carbocycles. The SMILES string of the molecule is COc1cccc(CN2CCCN(C(=O)NC3CCCCC3)CC2)c1. The van der Waals surface area contributed by atoms with Gasteiger partial charge in [-0.3, -0.25) is 4.90 Å². The maximum absolute atomic E-state index is 12.5. The summed E-state index contributed by atoms with van der Waals surface area (Å²) in [5.74, 6) is 0.904. The second-order valence-electron chi connectivity index (χ2n) is 7.25. The van der Waals surface area contributed by atoms with E-state index in [4.69, 9.17) is 4.74 Å².